The summed E-state index contributed by atoms with van der Waals surface area (Å²) >= 11 is 7.80. The van der Waals surface area contributed by atoms with Crippen LogP contribution < -0.4 is 4.74 Å². The van der Waals surface area contributed by atoms with Crippen molar-refractivity contribution in [3.8, 4) is 5.75 Å². The maximum absolute atomic E-state index is 13.3. The number of thiophene rings is 1. The maximum Gasteiger partial charge on any atom is 0.263 e. The van der Waals surface area contributed by atoms with E-state index in [-0.39, 0.29) is 23.5 Å². The molecule has 2 aromatic rings. The van der Waals surface area contributed by atoms with Gasteiger partial charge in [0.1, 0.15) is 5.75 Å². The number of halogens is 1. The van der Waals surface area contributed by atoms with Crippen molar-refractivity contribution in [1.29, 1.82) is 0 Å². The van der Waals surface area contributed by atoms with Crippen LogP contribution in [0.15, 0.2) is 23.6 Å². The highest BCUT2D eigenvalue weighted by molar-refractivity contribution is 7.91. The van der Waals surface area contributed by atoms with Gasteiger partial charge in [-0.05, 0) is 74.4 Å². The molecule has 5 nitrogen and oxygen atoms in total. The molecule has 2 heterocycles. The lowest BCUT2D eigenvalue weighted by Crippen LogP contribution is -2.46. The van der Waals surface area contributed by atoms with E-state index in [1.807, 2.05) is 44.4 Å². The molecule has 0 N–H and O–H groups in total. The maximum atomic E-state index is 13.3. The van der Waals surface area contributed by atoms with Crippen LogP contribution in [0.2, 0.25) is 5.02 Å². The van der Waals surface area contributed by atoms with E-state index in [0.717, 1.165) is 21.6 Å². The minimum absolute atomic E-state index is 0.00897. The van der Waals surface area contributed by atoms with E-state index in [1.54, 1.807) is 23.2 Å². The second kappa shape index (κ2) is 8.66. The van der Waals surface area contributed by atoms with Crippen LogP contribution in [-0.4, -0.2) is 42.9 Å². The van der Waals surface area contributed by atoms with Crippen LogP contribution >= 0.6 is 22.9 Å². The molecule has 1 aliphatic rings. The number of hydrogen-bond acceptors (Lipinski definition) is 5. The number of aryl methyl sites for hydroxylation is 3. The van der Waals surface area contributed by atoms with Gasteiger partial charge in [0.15, 0.2) is 15.9 Å². The molecule has 8 heteroatoms. The molecule has 0 aliphatic carbocycles. The van der Waals surface area contributed by atoms with Gasteiger partial charge in [0.25, 0.3) is 5.91 Å². The third kappa shape index (κ3) is 5.13. The molecule has 29 heavy (non-hydrogen) atoms. The summed E-state index contributed by atoms with van der Waals surface area (Å²) in [5, 5.41) is 2.67. The first kappa shape index (κ1) is 22.1. The lowest BCUT2D eigenvalue weighted by atomic mass is 10.1. The number of nitrogens with zero attached hydrogens (tertiary/aromatic N) is 1. The van der Waals surface area contributed by atoms with Crippen molar-refractivity contribution >= 4 is 38.7 Å². The lowest BCUT2D eigenvalue weighted by molar-refractivity contribution is -0.140. The molecule has 0 saturated carbocycles. The molecule has 0 radical (unpaired) electrons. The Labute approximate surface area is 181 Å². The summed E-state index contributed by atoms with van der Waals surface area (Å²) in [7, 11) is -3.11. The Morgan fingerprint density at radius 1 is 1.28 bits per heavy atom. The molecule has 0 bridgehead atoms. The summed E-state index contributed by atoms with van der Waals surface area (Å²) in [6.07, 6.45) is -0.275. The summed E-state index contributed by atoms with van der Waals surface area (Å²) in [5.74, 6) is 0.506. The third-order valence-electron chi connectivity index (χ3n) is 5.28. The van der Waals surface area contributed by atoms with Gasteiger partial charge in [-0.15, -0.1) is 11.3 Å². The van der Waals surface area contributed by atoms with E-state index >= 15 is 0 Å². The number of rotatable bonds is 6. The van der Waals surface area contributed by atoms with Crippen LogP contribution in [-0.2, 0) is 21.2 Å². The molecule has 1 aromatic heterocycles. The predicted molar refractivity (Wildman–Crippen MR) is 118 cm³/mol. The summed E-state index contributed by atoms with van der Waals surface area (Å²) in [5.41, 5.74) is 2.87. The Bertz CT molecular complexity index is 992. The van der Waals surface area contributed by atoms with Gasteiger partial charge in [-0.3, -0.25) is 4.79 Å². The molecule has 1 saturated heterocycles. The van der Waals surface area contributed by atoms with E-state index in [0.29, 0.717) is 23.7 Å². The fourth-order valence-electron chi connectivity index (χ4n) is 3.59. The Morgan fingerprint density at radius 3 is 2.45 bits per heavy atom. The Hall–Kier alpha value is -1.57. The zero-order valence-corrected chi connectivity index (χ0v) is 19.5. The van der Waals surface area contributed by atoms with Gasteiger partial charge in [-0.25, -0.2) is 8.42 Å². The van der Waals surface area contributed by atoms with Crippen molar-refractivity contribution in [3.05, 3.63) is 50.2 Å². The van der Waals surface area contributed by atoms with Gasteiger partial charge in [0.05, 0.1) is 18.1 Å². The summed E-state index contributed by atoms with van der Waals surface area (Å²) in [4.78, 5) is 16.1. The van der Waals surface area contributed by atoms with Gasteiger partial charge in [0, 0.05) is 15.9 Å². The van der Waals surface area contributed by atoms with Crippen molar-refractivity contribution in [2.45, 2.75) is 52.8 Å². The Kier molecular flexibility index (Phi) is 6.61. The zero-order valence-electron chi connectivity index (χ0n) is 17.1. The quantitative estimate of drug-likeness (QED) is 0.651. The number of amides is 1. The number of carbonyl (C=O) groups is 1. The summed E-state index contributed by atoms with van der Waals surface area (Å²) < 4.78 is 30.0. The van der Waals surface area contributed by atoms with Crippen LogP contribution in [0.3, 0.4) is 0 Å². The van der Waals surface area contributed by atoms with Crippen LogP contribution in [0, 0.1) is 20.8 Å². The second-order valence-corrected chi connectivity index (χ2v) is 11.3. The van der Waals surface area contributed by atoms with E-state index in [9.17, 15) is 13.2 Å². The van der Waals surface area contributed by atoms with Crippen molar-refractivity contribution < 1.29 is 17.9 Å². The fraction of sp³-hybridized carbons (Fsp3) is 0.476. The van der Waals surface area contributed by atoms with E-state index in [1.165, 1.54) is 0 Å². The monoisotopic (exact) mass is 455 g/mol. The molecular weight excluding hydrogens is 430 g/mol. The third-order valence-corrected chi connectivity index (χ3v) is 8.64. The van der Waals surface area contributed by atoms with Crippen molar-refractivity contribution in [2.24, 2.45) is 0 Å². The Morgan fingerprint density at radius 2 is 1.93 bits per heavy atom. The minimum atomic E-state index is -3.11. The van der Waals surface area contributed by atoms with Crippen LogP contribution in [0.5, 0.6) is 5.75 Å². The van der Waals surface area contributed by atoms with E-state index < -0.39 is 15.9 Å². The number of carbonyl (C=O) groups excluding carboxylic acids is 1. The summed E-state index contributed by atoms with van der Waals surface area (Å²) in [6.45, 7) is 7.89. The molecular formula is C21H26ClNO4S2. The number of hydrogen-bond donors (Lipinski definition) is 0. The predicted octanol–water partition coefficient (Wildman–Crippen LogP) is 4.31. The van der Waals surface area contributed by atoms with Gasteiger partial charge in [-0.1, -0.05) is 11.6 Å². The Balaban J connectivity index is 1.82. The molecule has 0 spiro atoms. The first-order chi connectivity index (χ1) is 13.6. The minimum Gasteiger partial charge on any atom is -0.481 e. The fourth-order valence-corrected chi connectivity index (χ4v) is 6.34. The second-order valence-electron chi connectivity index (χ2n) is 7.68. The largest absolute Gasteiger partial charge is 0.481 e. The normalized spacial score (nSPS) is 19.1. The highest BCUT2D eigenvalue weighted by Gasteiger charge is 2.37. The molecule has 158 valence electrons. The molecule has 3 rings (SSSR count). The summed E-state index contributed by atoms with van der Waals surface area (Å²) in [6, 6.07) is 5.31. The zero-order chi connectivity index (χ0) is 21.3. The van der Waals surface area contributed by atoms with Crippen LogP contribution in [0.1, 0.15) is 34.9 Å². The molecule has 1 aromatic carbocycles. The lowest BCUT2D eigenvalue weighted by Gasteiger charge is -2.31. The van der Waals surface area contributed by atoms with Gasteiger partial charge in [-0.2, -0.15) is 0 Å². The topological polar surface area (TPSA) is 63.7 Å². The number of sulfone groups is 1. The van der Waals surface area contributed by atoms with E-state index in [2.05, 4.69) is 0 Å². The van der Waals surface area contributed by atoms with E-state index in [4.69, 9.17) is 16.3 Å². The first-order valence-corrected chi connectivity index (χ1v) is 12.6. The number of benzene rings is 1. The number of ether oxygens (including phenoxy) is 1. The van der Waals surface area contributed by atoms with Crippen molar-refractivity contribution in [1.82, 2.24) is 4.90 Å². The van der Waals surface area contributed by atoms with Gasteiger partial charge in [0.2, 0.25) is 0 Å². The van der Waals surface area contributed by atoms with Gasteiger partial charge >= 0.3 is 0 Å². The molecule has 1 fully saturated rings. The highest BCUT2D eigenvalue weighted by atomic mass is 35.5. The smallest absolute Gasteiger partial charge is 0.263 e. The first-order valence-electron chi connectivity index (χ1n) is 9.54. The van der Waals surface area contributed by atoms with Crippen LogP contribution in [0.4, 0.5) is 0 Å². The molecule has 2 atom stereocenters. The SMILES string of the molecule is Cc1ccsc1CN(C(=O)C(C)Oc1cc(C)c(Cl)c(C)c1)C1CCS(=O)(=O)C1. The average molecular weight is 456 g/mol. The average Bonchev–Trinajstić information content (AvgIpc) is 3.21. The molecule has 1 amide bonds. The van der Waals surface area contributed by atoms with Crippen LogP contribution in [0.25, 0.3) is 0 Å². The van der Waals surface area contributed by atoms with Gasteiger partial charge < -0.3 is 9.64 Å². The molecule has 2 unspecified atom stereocenters. The molecule has 1 aliphatic heterocycles. The van der Waals surface area contributed by atoms with Crippen molar-refractivity contribution in [3.63, 3.8) is 0 Å². The highest BCUT2D eigenvalue weighted by Crippen LogP contribution is 2.28. The van der Waals surface area contributed by atoms with Crippen molar-refractivity contribution in [2.75, 3.05) is 11.5 Å². The standard InChI is InChI=1S/C21H26ClNO4S2/c1-13-5-7-28-19(13)11-23(17-6-8-29(25,26)12-17)21(24)16(4)27-18-9-14(2)20(22)15(3)10-18/h5,7,9-10,16-17H,6,8,11-12H2,1-4H3.